The molecule has 37 heavy (non-hydrogen) atoms. The van der Waals surface area contributed by atoms with Crippen molar-refractivity contribution < 1.29 is 18.3 Å². The molecular formula is C27H28F2N4O3S. The molecule has 0 saturated heterocycles. The summed E-state index contributed by atoms with van der Waals surface area (Å²) in [6.45, 7) is 4.47. The number of aromatic nitrogens is 2. The highest BCUT2D eigenvalue weighted by Crippen LogP contribution is 2.27. The maximum Gasteiger partial charge on any atom is 0.349 e. The average molecular weight is 527 g/mol. The molecule has 0 radical (unpaired) electrons. The molecular weight excluding hydrogens is 498 g/mol. The summed E-state index contributed by atoms with van der Waals surface area (Å²) < 4.78 is 33.3. The number of fused-ring (bicyclic) bond motifs is 1. The van der Waals surface area contributed by atoms with Crippen LogP contribution in [-0.2, 0) is 24.1 Å². The van der Waals surface area contributed by atoms with Gasteiger partial charge in [0.2, 0.25) is 0 Å². The summed E-state index contributed by atoms with van der Waals surface area (Å²) in [4.78, 5) is 32.7. The molecule has 0 bridgehead atoms. The molecule has 2 aromatic heterocycles. The van der Waals surface area contributed by atoms with Gasteiger partial charge < -0.3 is 20.8 Å². The van der Waals surface area contributed by atoms with Crippen molar-refractivity contribution in [3.8, 4) is 0 Å². The molecule has 4 aromatic rings. The zero-order valence-electron chi connectivity index (χ0n) is 20.5. The normalized spacial score (nSPS) is 13.0. The quantitative estimate of drug-likeness (QED) is 0.269. The number of aromatic amines is 1. The fourth-order valence-electron chi connectivity index (χ4n) is 4.20. The number of hydrogen-bond donors (Lipinski definition) is 3. The lowest BCUT2D eigenvalue weighted by Crippen LogP contribution is -2.46. The number of nitrogens with zero attached hydrogens (tertiary/aromatic N) is 1. The molecule has 2 aromatic carbocycles. The molecule has 7 nitrogen and oxygen atoms in total. The number of nitrogens with two attached hydrogens (primary N) is 1. The number of nitrogens with one attached hydrogen (secondary N) is 2. The van der Waals surface area contributed by atoms with Gasteiger partial charge in [0.15, 0.2) is 0 Å². The molecule has 0 saturated carbocycles. The van der Waals surface area contributed by atoms with E-state index in [1.807, 2.05) is 12.1 Å². The fraction of sp³-hybridized carbons (Fsp3) is 0.296. The largest absolute Gasteiger partial charge is 0.455 e. The summed E-state index contributed by atoms with van der Waals surface area (Å²) in [5.74, 6) is -2.05. The van der Waals surface area contributed by atoms with Crippen molar-refractivity contribution in [3.63, 3.8) is 0 Å². The number of H-pyrrole nitrogens is 1. The molecule has 0 spiro atoms. The van der Waals surface area contributed by atoms with Crippen molar-refractivity contribution in [2.24, 2.45) is 5.73 Å². The Morgan fingerprint density at radius 3 is 2.59 bits per heavy atom. The SMILES string of the molecule is CCc1cccc(CNCC(OC(=O)c2sc3nc[nH]c(=O)c3c2C)C(N)Cc2cc(F)cc(F)c2)c1. The van der Waals surface area contributed by atoms with Crippen LogP contribution >= 0.6 is 11.3 Å². The third-order valence-electron chi connectivity index (χ3n) is 6.12. The Kier molecular flexibility index (Phi) is 8.42. The third-order valence-corrected chi connectivity index (χ3v) is 7.30. The van der Waals surface area contributed by atoms with Crippen LogP contribution in [0.4, 0.5) is 8.78 Å². The van der Waals surface area contributed by atoms with Crippen molar-refractivity contribution in [1.82, 2.24) is 15.3 Å². The summed E-state index contributed by atoms with van der Waals surface area (Å²) in [5, 5.41) is 3.62. The van der Waals surface area contributed by atoms with E-state index in [4.69, 9.17) is 10.5 Å². The topological polar surface area (TPSA) is 110 Å². The van der Waals surface area contributed by atoms with Gasteiger partial charge in [-0.2, -0.15) is 0 Å². The molecule has 2 heterocycles. The molecule has 2 atom stereocenters. The molecule has 0 amide bonds. The van der Waals surface area contributed by atoms with Gasteiger partial charge in [0.05, 0.1) is 11.7 Å². The monoisotopic (exact) mass is 526 g/mol. The van der Waals surface area contributed by atoms with Crippen LogP contribution in [0.15, 0.2) is 53.6 Å². The van der Waals surface area contributed by atoms with Gasteiger partial charge in [0, 0.05) is 25.2 Å². The molecule has 10 heteroatoms. The summed E-state index contributed by atoms with van der Waals surface area (Å²) in [6, 6.07) is 10.6. The van der Waals surface area contributed by atoms with Crippen molar-refractivity contribution in [2.45, 2.75) is 45.4 Å². The lowest BCUT2D eigenvalue weighted by atomic mass is 10.0. The van der Waals surface area contributed by atoms with Gasteiger partial charge in [0.1, 0.15) is 27.4 Å². The standard InChI is InChI=1S/C27H28F2N4O3S/c1-3-16-5-4-6-17(7-16)12-31-13-22(21(30)10-18-8-19(28)11-20(29)9-18)36-27(35)24-15(2)23-25(34)32-14-33-26(23)37-24/h4-9,11,14,21-22,31H,3,10,12-13,30H2,1-2H3,(H,32,33,34). The maximum atomic E-state index is 13.7. The lowest BCUT2D eigenvalue weighted by Gasteiger charge is -2.25. The van der Waals surface area contributed by atoms with Crippen LogP contribution < -0.4 is 16.6 Å². The molecule has 2 unspecified atom stereocenters. The van der Waals surface area contributed by atoms with Gasteiger partial charge in [-0.25, -0.2) is 18.6 Å². The second-order valence-corrected chi connectivity index (χ2v) is 9.86. The number of esters is 1. The fourth-order valence-corrected chi connectivity index (χ4v) is 5.23. The molecule has 0 aliphatic rings. The summed E-state index contributed by atoms with van der Waals surface area (Å²) in [5.41, 5.74) is 9.18. The van der Waals surface area contributed by atoms with E-state index < -0.39 is 29.7 Å². The van der Waals surface area contributed by atoms with E-state index >= 15 is 0 Å². The van der Waals surface area contributed by atoms with E-state index in [1.165, 1.54) is 24.0 Å². The lowest BCUT2D eigenvalue weighted by molar-refractivity contribution is 0.0243. The molecule has 0 aliphatic heterocycles. The van der Waals surface area contributed by atoms with Crippen LogP contribution in [0.2, 0.25) is 0 Å². The highest BCUT2D eigenvalue weighted by molar-refractivity contribution is 7.20. The number of aryl methyl sites for hydroxylation is 2. The third kappa shape index (κ3) is 6.46. The number of hydrogen-bond acceptors (Lipinski definition) is 7. The number of thiophene rings is 1. The highest BCUT2D eigenvalue weighted by Gasteiger charge is 2.27. The van der Waals surface area contributed by atoms with E-state index in [2.05, 4.69) is 34.3 Å². The van der Waals surface area contributed by atoms with Crippen molar-refractivity contribution in [2.75, 3.05) is 6.54 Å². The Morgan fingerprint density at radius 1 is 1.16 bits per heavy atom. The Hall–Kier alpha value is -3.47. The predicted octanol–water partition coefficient (Wildman–Crippen LogP) is 4.02. The van der Waals surface area contributed by atoms with Crippen molar-refractivity contribution >= 4 is 27.5 Å². The first-order valence-electron chi connectivity index (χ1n) is 11.9. The Bertz CT molecular complexity index is 1450. The number of rotatable bonds is 10. The van der Waals surface area contributed by atoms with Crippen LogP contribution in [0.5, 0.6) is 0 Å². The number of carbonyl (C=O) groups is 1. The number of benzene rings is 2. The smallest absolute Gasteiger partial charge is 0.349 e. The van der Waals surface area contributed by atoms with E-state index in [1.54, 1.807) is 6.92 Å². The van der Waals surface area contributed by atoms with Crippen LogP contribution in [-0.4, -0.2) is 34.6 Å². The Morgan fingerprint density at radius 2 is 1.89 bits per heavy atom. The van der Waals surface area contributed by atoms with E-state index in [0.717, 1.165) is 29.4 Å². The zero-order valence-corrected chi connectivity index (χ0v) is 21.3. The molecule has 4 N–H and O–H groups in total. The summed E-state index contributed by atoms with van der Waals surface area (Å²) in [6.07, 6.45) is 1.47. The summed E-state index contributed by atoms with van der Waals surface area (Å²) >= 11 is 1.07. The van der Waals surface area contributed by atoms with Gasteiger partial charge in [-0.3, -0.25) is 4.79 Å². The van der Waals surface area contributed by atoms with Gasteiger partial charge >= 0.3 is 5.97 Å². The Labute approximate surface area is 216 Å². The van der Waals surface area contributed by atoms with Crippen molar-refractivity contribution in [3.05, 3.63) is 97.9 Å². The summed E-state index contributed by atoms with van der Waals surface area (Å²) in [7, 11) is 0. The number of halogens is 2. The van der Waals surface area contributed by atoms with Gasteiger partial charge in [-0.05, 0) is 54.2 Å². The van der Waals surface area contributed by atoms with E-state index in [9.17, 15) is 18.4 Å². The van der Waals surface area contributed by atoms with Crippen LogP contribution in [0.3, 0.4) is 0 Å². The van der Waals surface area contributed by atoms with E-state index in [0.29, 0.717) is 27.9 Å². The van der Waals surface area contributed by atoms with Crippen molar-refractivity contribution in [1.29, 1.82) is 0 Å². The second-order valence-electron chi connectivity index (χ2n) is 8.86. The zero-order chi connectivity index (χ0) is 26.5. The van der Waals surface area contributed by atoms with Crippen LogP contribution in [0.25, 0.3) is 10.2 Å². The average Bonchev–Trinajstić information content (AvgIpc) is 3.20. The minimum Gasteiger partial charge on any atom is -0.455 e. The number of carbonyl (C=O) groups excluding carboxylic acids is 1. The van der Waals surface area contributed by atoms with Gasteiger partial charge in [-0.15, -0.1) is 11.3 Å². The van der Waals surface area contributed by atoms with Gasteiger partial charge in [0.25, 0.3) is 5.56 Å². The van der Waals surface area contributed by atoms with Crippen LogP contribution in [0.1, 0.15) is 38.8 Å². The van der Waals surface area contributed by atoms with Crippen LogP contribution in [0, 0.1) is 18.6 Å². The van der Waals surface area contributed by atoms with E-state index in [-0.39, 0.29) is 23.4 Å². The van der Waals surface area contributed by atoms with Gasteiger partial charge in [-0.1, -0.05) is 31.2 Å². The molecule has 4 rings (SSSR count). The molecule has 194 valence electrons. The second kappa shape index (κ2) is 11.7. The minimum absolute atomic E-state index is 0.0895. The first-order chi connectivity index (χ1) is 17.7. The number of ether oxygens (including phenoxy) is 1. The minimum atomic E-state index is -0.816. The first-order valence-corrected chi connectivity index (χ1v) is 12.7. The predicted molar refractivity (Wildman–Crippen MR) is 140 cm³/mol. The molecule has 0 fully saturated rings. The molecule has 0 aliphatic carbocycles. The first kappa shape index (κ1) is 26.6. The highest BCUT2D eigenvalue weighted by atomic mass is 32.1. The maximum absolute atomic E-state index is 13.7. The Balaban J connectivity index is 1.54.